The van der Waals surface area contributed by atoms with Gasteiger partial charge in [-0.25, -0.2) is 9.78 Å². The highest BCUT2D eigenvalue weighted by molar-refractivity contribution is 7.09. The van der Waals surface area contributed by atoms with Gasteiger partial charge in [0.05, 0.1) is 16.3 Å². The number of aromatic carboxylic acids is 1. The number of nitrogens with zero attached hydrogens (tertiary/aromatic N) is 1. The Balaban J connectivity index is 1.48. The predicted octanol–water partition coefficient (Wildman–Crippen LogP) is 3.45. The molecule has 6 nitrogen and oxygen atoms in total. The number of nitrogens with one attached hydrogen (secondary N) is 1. The minimum Gasteiger partial charge on any atom is -0.478 e. The molecular weight excluding hydrogens is 328 g/mol. The van der Waals surface area contributed by atoms with Crippen LogP contribution in [-0.4, -0.2) is 28.5 Å². The summed E-state index contributed by atoms with van der Waals surface area (Å²) in [5, 5.41) is 14.7. The quantitative estimate of drug-likeness (QED) is 0.834. The van der Waals surface area contributed by atoms with Crippen LogP contribution in [0.3, 0.4) is 0 Å². The van der Waals surface area contributed by atoms with Gasteiger partial charge in [-0.3, -0.25) is 4.79 Å². The van der Waals surface area contributed by atoms with Gasteiger partial charge in [-0.15, -0.1) is 11.3 Å². The summed E-state index contributed by atoms with van der Waals surface area (Å²) in [5.74, 6) is -0.923. The number of carboxylic acids is 1. The van der Waals surface area contributed by atoms with E-state index in [1.165, 1.54) is 43.9 Å². The fourth-order valence-corrected chi connectivity index (χ4v) is 3.84. The monoisotopic (exact) mass is 348 g/mol. The summed E-state index contributed by atoms with van der Waals surface area (Å²) in [6.45, 7) is 0.444. The van der Waals surface area contributed by atoms with Crippen molar-refractivity contribution < 1.29 is 19.1 Å². The highest BCUT2D eigenvalue weighted by atomic mass is 32.1. The maximum Gasteiger partial charge on any atom is 0.338 e. The summed E-state index contributed by atoms with van der Waals surface area (Å²) in [7, 11) is 0. The average molecular weight is 348 g/mol. The Labute approximate surface area is 143 Å². The first-order chi connectivity index (χ1) is 11.6. The Bertz CT molecular complexity index is 716. The number of amides is 1. The van der Waals surface area contributed by atoms with Crippen molar-refractivity contribution in [1.82, 2.24) is 10.3 Å². The minimum absolute atomic E-state index is 0.00873. The number of carbonyl (C=O) groups excluding carboxylic acids is 1. The number of thiazole rings is 1. The van der Waals surface area contributed by atoms with Crippen LogP contribution in [0.25, 0.3) is 0 Å². The number of hydrogen-bond donors (Lipinski definition) is 2. The molecule has 24 heavy (non-hydrogen) atoms. The Kier molecular flexibility index (Phi) is 5.30. The van der Waals surface area contributed by atoms with Crippen LogP contribution in [0.4, 0.5) is 0 Å². The molecule has 2 aromatic rings. The molecule has 2 aromatic heterocycles. The van der Waals surface area contributed by atoms with Gasteiger partial charge < -0.3 is 14.8 Å². The molecule has 1 aliphatic carbocycles. The zero-order valence-corrected chi connectivity index (χ0v) is 14.1. The summed E-state index contributed by atoms with van der Waals surface area (Å²) in [6.07, 6.45) is 8.08. The van der Waals surface area contributed by atoms with Crippen LogP contribution in [0.2, 0.25) is 0 Å². The molecule has 0 bridgehead atoms. The van der Waals surface area contributed by atoms with Crippen molar-refractivity contribution in [3.8, 4) is 0 Å². The van der Waals surface area contributed by atoms with Gasteiger partial charge >= 0.3 is 5.97 Å². The molecule has 0 aromatic carbocycles. The number of furan rings is 1. The number of rotatable bonds is 6. The van der Waals surface area contributed by atoms with Gasteiger partial charge in [-0.1, -0.05) is 19.3 Å². The van der Waals surface area contributed by atoms with E-state index in [9.17, 15) is 9.59 Å². The fraction of sp³-hybridized carbons (Fsp3) is 0.471. The number of carboxylic acid groups (broad SMARTS) is 1. The molecule has 2 N–H and O–H groups in total. The highest BCUT2D eigenvalue weighted by Gasteiger charge is 2.18. The second-order valence-electron chi connectivity index (χ2n) is 6.01. The molecule has 1 amide bonds. The Morgan fingerprint density at radius 3 is 2.83 bits per heavy atom. The van der Waals surface area contributed by atoms with Gasteiger partial charge in [0, 0.05) is 30.3 Å². The lowest BCUT2D eigenvalue weighted by Crippen LogP contribution is -2.25. The van der Waals surface area contributed by atoms with Crippen LogP contribution in [0.5, 0.6) is 0 Å². The molecule has 0 saturated heterocycles. The van der Waals surface area contributed by atoms with E-state index in [1.54, 1.807) is 11.3 Å². The van der Waals surface area contributed by atoms with Crippen LogP contribution in [0.15, 0.2) is 22.1 Å². The first-order valence-corrected chi connectivity index (χ1v) is 9.06. The van der Waals surface area contributed by atoms with E-state index < -0.39 is 11.9 Å². The molecule has 0 unspecified atom stereocenters. The van der Waals surface area contributed by atoms with Gasteiger partial charge in [0.15, 0.2) is 5.76 Å². The predicted molar refractivity (Wildman–Crippen MR) is 89.6 cm³/mol. The SMILES string of the molecule is O=C(O)c1coc(C(=O)NCCc2nc(C3CCCCC3)cs2)c1. The molecule has 0 spiro atoms. The molecule has 128 valence electrons. The first kappa shape index (κ1) is 16.7. The third-order valence-electron chi connectivity index (χ3n) is 4.29. The maximum atomic E-state index is 11.9. The molecule has 1 saturated carbocycles. The summed E-state index contributed by atoms with van der Waals surface area (Å²) in [4.78, 5) is 27.4. The molecule has 0 atom stereocenters. The van der Waals surface area contributed by atoms with E-state index in [4.69, 9.17) is 14.5 Å². The van der Waals surface area contributed by atoms with E-state index in [-0.39, 0.29) is 11.3 Å². The Morgan fingerprint density at radius 2 is 2.12 bits per heavy atom. The van der Waals surface area contributed by atoms with Crippen molar-refractivity contribution in [3.05, 3.63) is 39.7 Å². The van der Waals surface area contributed by atoms with Crippen molar-refractivity contribution in [2.75, 3.05) is 6.54 Å². The normalized spacial score (nSPS) is 15.3. The largest absolute Gasteiger partial charge is 0.478 e. The van der Waals surface area contributed by atoms with Crippen molar-refractivity contribution in [1.29, 1.82) is 0 Å². The molecule has 1 aliphatic rings. The van der Waals surface area contributed by atoms with Crippen molar-refractivity contribution in [3.63, 3.8) is 0 Å². The second-order valence-corrected chi connectivity index (χ2v) is 6.95. The van der Waals surface area contributed by atoms with E-state index in [0.717, 1.165) is 11.3 Å². The van der Waals surface area contributed by atoms with E-state index in [0.29, 0.717) is 18.9 Å². The summed E-state index contributed by atoms with van der Waals surface area (Å²) >= 11 is 1.64. The third-order valence-corrected chi connectivity index (χ3v) is 5.21. The molecule has 0 radical (unpaired) electrons. The maximum absolute atomic E-state index is 11.9. The Hall–Kier alpha value is -2.15. The molecule has 7 heteroatoms. The van der Waals surface area contributed by atoms with Crippen LogP contribution in [0, 0.1) is 0 Å². The zero-order valence-electron chi connectivity index (χ0n) is 13.3. The van der Waals surface area contributed by atoms with E-state index in [2.05, 4.69) is 10.7 Å². The highest BCUT2D eigenvalue weighted by Crippen LogP contribution is 2.33. The summed E-state index contributed by atoms with van der Waals surface area (Å²) in [6, 6.07) is 1.22. The standard InChI is InChI=1S/C17H20N2O4S/c20-16(14-8-12(9-23-14)17(21)22)18-7-6-15-19-13(10-24-15)11-4-2-1-3-5-11/h8-11H,1-7H2,(H,18,20)(H,21,22). The second kappa shape index (κ2) is 7.61. The number of carbonyl (C=O) groups is 2. The van der Waals surface area contributed by atoms with Gasteiger partial charge in [-0.2, -0.15) is 0 Å². The third kappa shape index (κ3) is 4.03. The smallest absolute Gasteiger partial charge is 0.338 e. The van der Waals surface area contributed by atoms with Crippen LogP contribution in [0.1, 0.15) is 69.6 Å². The van der Waals surface area contributed by atoms with Crippen molar-refractivity contribution >= 4 is 23.2 Å². The molecular formula is C17H20N2O4S. The van der Waals surface area contributed by atoms with Crippen LogP contribution < -0.4 is 5.32 Å². The molecule has 3 rings (SSSR count). The van der Waals surface area contributed by atoms with Gasteiger partial charge in [-0.05, 0) is 12.8 Å². The van der Waals surface area contributed by atoms with Crippen molar-refractivity contribution in [2.45, 2.75) is 44.4 Å². The van der Waals surface area contributed by atoms with Gasteiger partial charge in [0.25, 0.3) is 5.91 Å². The van der Waals surface area contributed by atoms with E-state index >= 15 is 0 Å². The summed E-state index contributed by atoms with van der Waals surface area (Å²) < 4.78 is 4.97. The minimum atomic E-state index is -1.11. The van der Waals surface area contributed by atoms with E-state index in [1.807, 2.05) is 0 Å². The fourth-order valence-electron chi connectivity index (χ4n) is 2.96. The Morgan fingerprint density at radius 1 is 1.33 bits per heavy atom. The van der Waals surface area contributed by atoms with Gasteiger partial charge in [0.2, 0.25) is 0 Å². The van der Waals surface area contributed by atoms with Gasteiger partial charge in [0.1, 0.15) is 6.26 Å². The molecule has 1 fully saturated rings. The molecule has 0 aliphatic heterocycles. The number of hydrogen-bond acceptors (Lipinski definition) is 5. The van der Waals surface area contributed by atoms with Crippen LogP contribution >= 0.6 is 11.3 Å². The van der Waals surface area contributed by atoms with Crippen LogP contribution in [-0.2, 0) is 6.42 Å². The summed E-state index contributed by atoms with van der Waals surface area (Å²) in [5.41, 5.74) is 1.16. The average Bonchev–Trinajstić information content (AvgIpc) is 3.25. The topological polar surface area (TPSA) is 92.4 Å². The zero-order chi connectivity index (χ0) is 16.9. The number of aromatic nitrogens is 1. The first-order valence-electron chi connectivity index (χ1n) is 8.18. The lowest BCUT2D eigenvalue weighted by Gasteiger charge is -2.19. The lowest BCUT2D eigenvalue weighted by molar-refractivity contribution is 0.0696. The lowest BCUT2D eigenvalue weighted by atomic mass is 9.87. The molecule has 2 heterocycles. The van der Waals surface area contributed by atoms with Crippen molar-refractivity contribution in [2.24, 2.45) is 0 Å².